The molecule has 0 aromatic heterocycles. The Morgan fingerprint density at radius 1 is 0.667 bits per heavy atom. The Kier molecular flexibility index (Phi) is 7.18. The summed E-state index contributed by atoms with van der Waals surface area (Å²) in [4.78, 5) is 0. The van der Waals surface area contributed by atoms with Crippen molar-refractivity contribution in [3.8, 4) is 0 Å². The molecule has 3 nitrogen and oxygen atoms in total. The number of hydrogen-bond acceptors (Lipinski definition) is 3. The maximum Gasteiger partial charge on any atom is 0.115 e. The zero-order chi connectivity index (χ0) is 24.8. The second kappa shape index (κ2) is 9.02. The minimum Gasteiger partial charge on any atom is -0.512 e. The van der Waals surface area contributed by atoms with Gasteiger partial charge in [0.15, 0.2) is 0 Å². The molecule has 1 heterocycles. The molecule has 182 valence electrons. The summed E-state index contributed by atoms with van der Waals surface area (Å²) >= 11 is 0. The monoisotopic (exact) mass is 496 g/mol. The van der Waals surface area contributed by atoms with Gasteiger partial charge in [-0.15, -0.1) is 0 Å². The van der Waals surface area contributed by atoms with E-state index in [0.717, 1.165) is 13.1 Å². The van der Waals surface area contributed by atoms with Crippen LogP contribution in [0, 0.1) is 10.8 Å². The van der Waals surface area contributed by atoms with Crippen molar-refractivity contribution < 1.29 is 0 Å². The summed E-state index contributed by atoms with van der Waals surface area (Å²) in [5.74, 6) is 0. The third kappa shape index (κ3) is 5.84. The Bertz CT molecular complexity index is 897. The van der Waals surface area contributed by atoms with E-state index in [1.54, 1.807) is 5.19 Å². The van der Waals surface area contributed by atoms with Crippen LogP contribution in [0.5, 0.6) is 0 Å². The number of anilines is 2. The zero-order valence-electron chi connectivity index (χ0n) is 23.0. The lowest BCUT2D eigenvalue weighted by Gasteiger charge is -2.65. The van der Waals surface area contributed by atoms with Crippen molar-refractivity contribution in [2.24, 2.45) is 10.8 Å². The van der Waals surface area contributed by atoms with Crippen LogP contribution in [0.1, 0.15) is 41.5 Å². The first-order valence-corrected chi connectivity index (χ1v) is 20.1. The fourth-order valence-corrected chi connectivity index (χ4v) is 22.6. The highest BCUT2D eigenvalue weighted by molar-refractivity contribution is 7.06. The van der Waals surface area contributed by atoms with Crippen LogP contribution in [0.4, 0.5) is 11.4 Å². The number of nitrogens with zero attached hydrogens (tertiary/aromatic N) is 3. The van der Waals surface area contributed by atoms with Crippen molar-refractivity contribution in [1.82, 2.24) is 3.90 Å². The van der Waals surface area contributed by atoms with E-state index in [2.05, 4.69) is 142 Å². The summed E-state index contributed by atoms with van der Waals surface area (Å²) in [5.41, 5.74) is 3.33. The van der Waals surface area contributed by atoms with Gasteiger partial charge in [-0.25, -0.2) is 0 Å². The highest BCUT2D eigenvalue weighted by atomic mass is 28.5. The van der Waals surface area contributed by atoms with Crippen LogP contribution in [0.2, 0.25) is 32.7 Å². The zero-order valence-corrected chi connectivity index (χ0v) is 26.0. The Balaban J connectivity index is 2.25. The molecule has 0 unspecified atom stereocenters. The van der Waals surface area contributed by atoms with Gasteiger partial charge in [-0.05, 0) is 41.2 Å². The Hall–Kier alpha value is -1.35. The lowest BCUT2D eigenvalue weighted by Crippen LogP contribution is -2.78. The van der Waals surface area contributed by atoms with Gasteiger partial charge in [0, 0.05) is 20.7 Å². The number of benzene rings is 2. The molecule has 0 amide bonds. The number of fused-ring (bicyclic) bond motifs is 1. The molecule has 2 aromatic rings. The quantitative estimate of drug-likeness (QED) is 0.415. The van der Waals surface area contributed by atoms with Gasteiger partial charge in [0.25, 0.3) is 0 Å². The van der Waals surface area contributed by atoms with Crippen molar-refractivity contribution in [2.45, 2.75) is 74.3 Å². The second-order valence-electron chi connectivity index (χ2n) is 13.5. The maximum absolute atomic E-state index is 3.12. The van der Waals surface area contributed by atoms with E-state index in [0.29, 0.717) is 0 Å². The second-order valence-corrected chi connectivity index (χ2v) is 25.9. The summed E-state index contributed by atoms with van der Waals surface area (Å²) < 4.78 is 8.79. The highest BCUT2D eigenvalue weighted by Gasteiger charge is 2.43. The van der Waals surface area contributed by atoms with Crippen LogP contribution in [0.25, 0.3) is 0 Å². The molecular weight excluding hydrogens is 451 g/mol. The van der Waals surface area contributed by atoms with E-state index in [4.69, 9.17) is 0 Å². The van der Waals surface area contributed by atoms with Crippen LogP contribution in [-0.4, -0.2) is 42.7 Å². The van der Waals surface area contributed by atoms with Crippen LogP contribution >= 0.6 is 0 Å². The van der Waals surface area contributed by atoms with E-state index in [1.807, 2.05) is 0 Å². The molecule has 0 aliphatic carbocycles. The van der Waals surface area contributed by atoms with Gasteiger partial charge in [0.05, 0.1) is 8.24 Å². The molecule has 0 spiro atoms. The third-order valence-electron chi connectivity index (χ3n) is 6.12. The van der Waals surface area contributed by atoms with Crippen molar-refractivity contribution in [1.29, 1.82) is 0 Å². The first-order chi connectivity index (χ1) is 15.0. The van der Waals surface area contributed by atoms with Gasteiger partial charge < -0.3 is 13.0 Å². The molecule has 0 fully saturated rings. The lowest BCUT2D eigenvalue weighted by molar-refractivity contribution is 0.421. The van der Waals surface area contributed by atoms with Crippen LogP contribution in [-0.2, 0) is 0 Å². The molecule has 0 radical (unpaired) electrons. The van der Waals surface area contributed by atoms with E-state index in [-0.39, 0.29) is 10.8 Å². The number of hydrogen-bond donors (Lipinski definition) is 0. The van der Waals surface area contributed by atoms with Crippen molar-refractivity contribution >= 4 is 42.3 Å². The molecular formula is C27H46N3Si3-. The smallest absolute Gasteiger partial charge is 0.115 e. The van der Waals surface area contributed by atoms with E-state index in [9.17, 15) is 0 Å². The SMILES string of the molecule is CC(C)(C)CN1c2ccccc2N(CC(C)(C)C)[Si-]1N([Si](C)(C)C)[Si](C)(C)c1ccccc1. The first kappa shape index (κ1) is 26.3. The van der Waals surface area contributed by atoms with Crippen molar-refractivity contribution in [3.05, 3.63) is 54.6 Å². The van der Waals surface area contributed by atoms with Crippen molar-refractivity contribution in [2.75, 3.05) is 22.2 Å². The molecule has 6 heteroatoms. The minimum atomic E-state index is -1.93. The normalized spacial score (nSPS) is 16.0. The Morgan fingerprint density at radius 2 is 1.06 bits per heavy atom. The third-order valence-corrected chi connectivity index (χ3v) is 21.1. The molecule has 1 aliphatic heterocycles. The van der Waals surface area contributed by atoms with Gasteiger partial charge >= 0.3 is 0 Å². The van der Waals surface area contributed by atoms with E-state index in [1.165, 1.54) is 11.4 Å². The van der Waals surface area contributed by atoms with Crippen LogP contribution in [0.3, 0.4) is 0 Å². The topological polar surface area (TPSA) is 9.72 Å². The fraction of sp³-hybridized carbons (Fsp3) is 0.556. The van der Waals surface area contributed by atoms with E-state index < -0.39 is 25.8 Å². The minimum absolute atomic E-state index is 0.227. The molecule has 0 atom stereocenters. The number of rotatable bonds is 6. The summed E-state index contributed by atoms with van der Waals surface area (Å²) in [6, 6.07) is 20.6. The summed E-state index contributed by atoms with van der Waals surface area (Å²) in [6.45, 7) is 29.4. The average molecular weight is 497 g/mol. The molecule has 0 saturated heterocycles. The van der Waals surface area contributed by atoms with E-state index >= 15 is 0 Å². The number of para-hydroxylation sites is 2. The average Bonchev–Trinajstić information content (AvgIpc) is 2.92. The Labute approximate surface area is 207 Å². The predicted molar refractivity (Wildman–Crippen MR) is 155 cm³/mol. The van der Waals surface area contributed by atoms with Gasteiger partial charge in [-0.1, -0.05) is 117 Å². The lowest BCUT2D eigenvalue weighted by atomic mass is 9.96. The van der Waals surface area contributed by atoms with Crippen LogP contribution in [0.15, 0.2) is 54.6 Å². The summed E-state index contributed by atoms with van der Waals surface area (Å²) in [6.07, 6.45) is 0. The largest absolute Gasteiger partial charge is 0.512 e. The van der Waals surface area contributed by atoms with Crippen LogP contribution < -0.4 is 14.3 Å². The molecule has 0 bridgehead atoms. The van der Waals surface area contributed by atoms with Gasteiger partial charge in [0.2, 0.25) is 0 Å². The molecule has 0 saturated carbocycles. The molecule has 1 aliphatic rings. The highest BCUT2D eigenvalue weighted by Crippen LogP contribution is 2.43. The maximum atomic E-state index is 3.12. The molecule has 3 rings (SSSR count). The fourth-order valence-electron chi connectivity index (χ4n) is 5.15. The first-order valence-electron chi connectivity index (χ1n) is 12.4. The standard InChI is InChI=1S/C27H46N3Si3/c1-26(2,3)21-28-24-19-15-16-20-25(24)29(22-27(4,5)6)31(28)30(32(7,8)9)33(10,11)23-17-13-12-14-18-23/h12-20H,21-22H2,1-11H3/q-1. The van der Waals surface area contributed by atoms with Gasteiger partial charge in [0.1, 0.15) is 8.24 Å². The molecule has 33 heavy (non-hydrogen) atoms. The summed E-state index contributed by atoms with van der Waals surface area (Å²) in [7, 11) is -4.80. The summed E-state index contributed by atoms with van der Waals surface area (Å²) in [5, 5.41) is 1.55. The van der Waals surface area contributed by atoms with Crippen molar-refractivity contribution in [3.63, 3.8) is 0 Å². The predicted octanol–water partition coefficient (Wildman–Crippen LogP) is 6.64. The van der Waals surface area contributed by atoms with Gasteiger partial charge in [-0.2, -0.15) is 0 Å². The van der Waals surface area contributed by atoms with Gasteiger partial charge in [-0.3, -0.25) is 0 Å². The molecule has 2 aromatic carbocycles. The Morgan fingerprint density at radius 3 is 1.42 bits per heavy atom. The molecule has 0 N–H and O–H groups in total.